The maximum Gasteiger partial charge on any atom is 0.261 e. The Morgan fingerprint density at radius 2 is 1.28 bits per heavy atom. The summed E-state index contributed by atoms with van der Waals surface area (Å²) in [5.74, 6) is 1.13. The first-order valence-electron chi connectivity index (χ1n) is 11.2. The number of hydrogen-bond donors (Lipinski definition) is 1. The van der Waals surface area contributed by atoms with Gasteiger partial charge < -0.3 is 9.53 Å². The molecule has 160 valence electrons. The fraction of sp³-hybridized carbons (Fsp3) is 0.538. The highest BCUT2D eigenvalue weighted by atomic mass is 28.4. The summed E-state index contributed by atoms with van der Waals surface area (Å²) in [6.07, 6.45) is 4.47. The molecule has 2 rings (SSSR count). The first kappa shape index (κ1) is 23.9. The van der Waals surface area contributed by atoms with Crippen LogP contribution >= 0.6 is 0 Å². The quantitative estimate of drug-likeness (QED) is 0.502. The third-order valence-corrected chi connectivity index (χ3v) is 11.0. The van der Waals surface area contributed by atoms with Crippen molar-refractivity contribution in [3.05, 3.63) is 60.7 Å². The van der Waals surface area contributed by atoms with Crippen LogP contribution in [0.15, 0.2) is 60.7 Å². The molecule has 0 unspecified atom stereocenters. The molecule has 0 saturated carbocycles. The number of hydrogen-bond acceptors (Lipinski definition) is 2. The van der Waals surface area contributed by atoms with Crippen LogP contribution in [-0.4, -0.2) is 26.6 Å². The Hall–Kier alpha value is -1.42. The van der Waals surface area contributed by atoms with Crippen LogP contribution in [0.3, 0.4) is 0 Å². The highest BCUT2D eigenvalue weighted by molar-refractivity contribution is 6.99. The van der Waals surface area contributed by atoms with Gasteiger partial charge in [-0.15, -0.1) is 0 Å². The average Bonchev–Trinajstić information content (AvgIpc) is 2.69. The highest BCUT2D eigenvalue weighted by Crippen LogP contribution is 2.37. The smallest absolute Gasteiger partial charge is 0.261 e. The van der Waals surface area contributed by atoms with Gasteiger partial charge in [-0.2, -0.15) is 0 Å². The molecule has 0 saturated heterocycles. The number of benzene rings is 2. The summed E-state index contributed by atoms with van der Waals surface area (Å²) in [6.45, 7) is 12.6. The lowest BCUT2D eigenvalue weighted by molar-refractivity contribution is 0.228. The van der Waals surface area contributed by atoms with E-state index in [1.165, 1.54) is 29.6 Å². The Morgan fingerprint density at radius 3 is 1.72 bits per heavy atom. The molecule has 0 spiro atoms. The summed E-state index contributed by atoms with van der Waals surface area (Å²) in [5, 5.41) is 11.8. The van der Waals surface area contributed by atoms with Gasteiger partial charge in [0.2, 0.25) is 0 Å². The molecule has 2 aromatic rings. The van der Waals surface area contributed by atoms with E-state index in [9.17, 15) is 0 Å². The Labute approximate surface area is 179 Å². The Kier molecular flexibility index (Phi) is 9.13. The maximum absolute atomic E-state index is 9.10. The minimum atomic E-state index is -2.42. The predicted octanol–water partition coefficient (Wildman–Crippen LogP) is 5.39. The predicted molar refractivity (Wildman–Crippen MR) is 127 cm³/mol. The van der Waals surface area contributed by atoms with Crippen LogP contribution in [0.4, 0.5) is 0 Å². The van der Waals surface area contributed by atoms with Gasteiger partial charge in [0, 0.05) is 13.2 Å². The van der Waals surface area contributed by atoms with Gasteiger partial charge in [0.05, 0.1) is 0 Å². The minimum absolute atomic E-state index is 0.0328. The molecule has 0 aliphatic rings. The van der Waals surface area contributed by atoms with E-state index in [1.54, 1.807) is 0 Å². The van der Waals surface area contributed by atoms with Crippen molar-refractivity contribution in [1.82, 2.24) is 0 Å². The van der Waals surface area contributed by atoms with Crippen LogP contribution in [0.2, 0.25) is 5.04 Å². The van der Waals surface area contributed by atoms with Gasteiger partial charge in [-0.25, -0.2) is 0 Å². The van der Waals surface area contributed by atoms with E-state index in [1.807, 2.05) is 0 Å². The molecule has 0 aliphatic carbocycles. The van der Waals surface area contributed by atoms with Crippen LogP contribution < -0.4 is 10.4 Å². The van der Waals surface area contributed by atoms with Gasteiger partial charge in [-0.05, 0) is 40.1 Å². The van der Waals surface area contributed by atoms with E-state index >= 15 is 0 Å². The van der Waals surface area contributed by atoms with E-state index in [4.69, 9.17) is 9.53 Å². The van der Waals surface area contributed by atoms with Gasteiger partial charge in [0.25, 0.3) is 8.32 Å². The lowest BCUT2D eigenvalue weighted by atomic mass is 9.97. The fourth-order valence-corrected chi connectivity index (χ4v) is 8.98. The van der Waals surface area contributed by atoms with Crippen molar-refractivity contribution >= 4 is 18.7 Å². The fourth-order valence-electron chi connectivity index (χ4n) is 4.29. The van der Waals surface area contributed by atoms with Crippen molar-refractivity contribution in [3.8, 4) is 0 Å². The molecule has 2 nitrogen and oxygen atoms in total. The molecule has 1 N–H and O–H groups in total. The lowest BCUT2D eigenvalue weighted by Gasteiger charge is -2.43. The summed E-state index contributed by atoms with van der Waals surface area (Å²) >= 11 is 0. The van der Waals surface area contributed by atoms with E-state index in [0.717, 1.165) is 13.0 Å². The number of aliphatic hydroxyl groups is 1. The largest absolute Gasteiger partial charge is 0.407 e. The van der Waals surface area contributed by atoms with Crippen molar-refractivity contribution in [3.63, 3.8) is 0 Å². The minimum Gasteiger partial charge on any atom is -0.407 e. The first-order chi connectivity index (χ1) is 13.8. The van der Waals surface area contributed by atoms with Crippen LogP contribution in [0, 0.1) is 11.8 Å². The molecular weight excluding hydrogens is 372 g/mol. The zero-order valence-electron chi connectivity index (χ0n) is 19.0. The lowest BCUT2D eigenvalue weighted by Crippen LogP contribution is -2.66. The van der Waals surface area contributed by atoms with Crippen LogP contribution in [0.25, 0.3) is 0 Å². The highest BCUT2D eigenvalue weighted by Gasteiger charge is 2.50. The molecule has 0 fully saturated rings. The number of rotatable bonds is 11. The topological polar surface area (TPSA) is 29.5 Å². The molecule has 0 radical (unpaired) electrons. The zero-order chi connectivity index (χ0) is 21.3. The summed E-state index contributed by atoms with van der Waals surface area (Å²) < 4.78 is 7.03. The maximum atomic E-state index is 9.10. The second-order valence-corrected chi connectivity index (χ2v) is 13.9. The Morgan fingerprint density at radius 1 is 0.793 bits per heavy atom. The van der Waals surface area contributed by atoms with Gasteiger partial charge in [0.1, 0.15) is 0 Å². The SMILES string of the molecule is C[C@@H](CCO)CCC[C@H](C)CO[Si](c1ccccc1)(c1ccccc1)C(C)(C)C. The third-order valence-electron chi connectivity index (χ3n) is 6.02. The molecule has 29 heavy (non-hydrogen) atoms. The van der Waals surface area contributed by atoms with Crippen molar-refractivity contribution in [1.29, 1.82) is 0 Å². The van der Waals surface area contributed by atoms with Crippen molar-refractivity contribution in [2.24, 2.45) is 11.8 Å². The van der Waals surface area contributed by atoms with Crippen molar-refractivity contribution < 1.29 is 9.53 Å². The van der Waals surface area contributed by atoms with E-state index in [2.05, 4.69) is 95.3 Å². The van der Waals surface area contributed by atoms with Crippen LogP contribution in [0.5, 0.6) is 0 Å². The van der Waals surface area contributed by atoms with Gasteiger partial charge >= 0.3 is 0 Å². The monoisotopic (exact) mass is 412 g/mol. The zero-order valence-corrected chi connectivity index (χ0v) is 20.0. The van der Waals surface area contributed by atoms with Gasteiger partial charge in [0.15, 0.2) is 0 Å². The standard InChI is InChI=1S/C26H40O2Si/c1-22(19-20-27)13-12-14-23(2)21-28-29(26(3,4)5,24-15-8-6-9-16-24)25-17-10-7-11-18-25/h6-11,15-18,22-23,27H,12-14,19-21H2,1-5H3/t22-,23+/m1/s1. The molecule has 0 aromatic heterocycles. The van der Waals surface area contributed by atoms with E-state index < -0.39 is 8.32 Å². The Balaban J connectivity index is 2.21. The molecular formula is C26H40O2Si. The molecule has 0 heterocycles. The van der Waals surface area contributed by atoms with Gasteiger partial charge in [-0.3, -0.25) is 0 Å². The molecule has 0 aliphatic heterocycles. The van der Waals surface area contributed by atoms with E-state index in [-0.39, 0.29) is 5.04 Å². The first-order valence-corrected chi connectivity index (χ1v) is 13.1. The Bertz CT molecular complexity index is 654. The average molecular weight is 413 g/mol. The molecule has 0 amide bonds. The summed E-state index contributed by atoms with van der Waals surface area (Å²) in [7, 11) is -2.42. The van der Waals surface area contributed by atoms with Crippen molar-refractivity contribution in [2.75, 3.05) is 13.2 Å². The van der Waals surface area contributed by atoms with Gasteiger partial charge in [-0.1, -0.05) is 108 Å². The number of aliphatic hydroxyl groups excluding tert-OH is 1. The second kappa shape index (κ2) is 11.1. The van der Waals surface area contributed by atoms with Crippen molar-refractivity contribution in [2.45, 2.75) is 65.3 Å². The summed E-state index contributed by atoms with van der Waals surface area (Å²) in [6, 6.07) is 21.8. The van der Waals surface area contributed by atoms with Crippen LogP contribution in [-0.2, 0) is 4.43 Å². The summed E-state index contributed by atoms with van der Waals surface area (Å²) in [5.41, 5.74) is 0. The molecule has 3 heteroatoms. The molecule has 2 atom stereocenters. The molecule has 2 aromatic carbocycles. The van der Waals surface area contributed by atoms with Crippen LogP contribution in [0.1, 0.15) is 60.3 Å². The molecule has 0 bridgehead atoms. The second-order valence-electron chi connectivity index (χ2n) is 9.63. The van der Waals surface area contributed by atoms with E-state index in [0.29, 0.717) is 18.4 Å². The normalized spacial score (nSPS) is 14.6. The summed E-state index contributed by atoms with van der Waals surface area (Å²) in [4.78, 5) is 0. The third kappa shape index (κ3) is 6.28.